The Bertz CT molecular complexity index is 354. The first-order valence-corrected chi connectivity index (χ1v) is 6.85. The van der Waals surface area contributed by atoms with Gasteiger partial charge in [-0.2, -0.15) is 0 Å². The van der Waals surface area contributed by atoms with Crippen molar-refractivity contribution in [1.82, 2.24) is 15.1 Å². The van der Waals surface area contributed by atoms with Gasteiger partial charge in [0.15, 0.2) is 0 Å². The number of amides is 2. The van der Waals surface area contributed by atoms with Crippen molar-refractivity contribution in [2.75, 3.05) is 34.2 Å². The first kappa shape index (κ1) is 18.6. The van der Waals surface area contributed by atoms with E-state index in [9.17, 15) is 14.4 Å². The zero-order valence-electron chi connectivity index (χ0n) is 13.4. The van der Waals surface area contributed by atoms with Gasteiger partial charge in [-0.3, -0.25) is 14.4 Å². The molecule has 0 aromatic carbocycles. The average molecular weight is 285 g/mol. The van der Waals surface area contributed by atoms with Crippen LogP contribution >= 0.6 is 0 Å². The van der Waals surface area contributed by atoms with Crippen molar-refractivity contribution in [1.29, 1.82) is 0 Å². The van der Waals surface area contributed by atoms with Gasteiger partial charge in [-0.05, 0) is 21.0 Å². The third-order valence-corrected chi connectivity index (χ3v) is 2.95. The van der Waals surface area contributed by atoms with E-state index in [-0.39, 0.29) is 29.9 Å². The third-order valence-electron chi connectivity index (χ3n) is 2.95. The Morgan fingerprint density at radius 2 is 1.65 bits per heavy atom. The molecule has 0 aliphatic rings. The molecule has 116 valence electrons. The van der Waals surface area contributed by atoms with Crippen molar-refractivity contribution in [3.05, 3.63) is 0 Å². The summed E-state index contributed by atoms with van der Waals surface area (Å²) in [6, 6.07) is -0.732. The molecule has 6 heteroatoms. The first-order chi connectivity index (χ1) is 9.16. The van der Waals surface area contributed by atoms with Crippen molar-refractivity contribution in [3.8, 4) is 0 Å². The number of hydrogen-bond acceptors (Lipinski definition) is 4. The summed E-state index contributed by atoms with van der Waals surface area (Å²) in [5.74, 6) is -0.734. The smallest absolute Gasteiger partial charge is 0.243 e. The van der Waals surface area contributed by atoms with E-state index in [0.29, 0.717) is 13.1 Å². The van der Waals surface area contributed by atoms with Crippen molar-refractivity contribution >= 4 is 17.6 Å². The lowest BCUT2D eigenvalue weighted by Crippen LogP contribution is -2.50. The summed E-state index contributed by atoms with van der Waals surface area (Å²) in [4.78, 5) is 38.8. The summed E-state index contributed by atoms with van der Waals surface area (Å²) in [6.45, 7) is 6.17. The second-order valence-corrected chi connectivity index (χ2v) is 5.62. The minimum absolute atomic E-state index is 0.0444. The van der Waals surface area contributed by atoms with E-state index >= 15 is 0 Å². The highest BCUT2D eigenvalue weighted by Crippen LogP contribution is 2.08. The van der Waals surface area contributed by atoms with E-state index in [2.05, 4.69) is 5.32 Å². The number of carbonyl (C=O) groups is 3. The molecule has 0 heterocycles. The van der Waals surface area contributed by atoms with Crippen LogP contribution in [0.15, 0.2) is 0 Å². The van der Waals surface area contributed by atoms with Crippen LogP contribution in [-0.4, -0.2) is 67.7 Å². The van der Waals surface area contributed by atoms with Gasteiger partial charge in [-0.15, -0.1) is 0 Å². The van der Waals surface area contributed by atoms with Crippen LogP contribution in [0.1, 0.15) is 27.2 Å². The average Bonchev–Trinajstić information content (AvgIpc) is 2.33. The number of carbonyl (C=O) groups excluding carboxylic acids is 3. The molecule has 0 aromatic rings. The van der Waals surface area contributed by atoms with Gasteiger partial charge in [0.05, 0.1) is 0 Å². The molecule has 0 saturated carbocycles. The quantitative estimate of drug-likeness (QED) is 0.688. The fraction of sp³-hybridized carbons (Fsp3) is 0.786. The summed E-state index contributed by atoms with van der Waals surface area (Å²) in [6.07, 6.45) is 0.0444. The van der Waals surface area contributed by atoms with Gasteiger partial charge in [0.25, 0.3) is 0 Å². The minimum Gasteiger partial charge on any atom is -0.353 e. The highest BCUT2D eigenvalue weighted by molar-refractivity contribution is 5.92. The lowest BCUT2D eigenvalue weighted by atomic mass is 10.1. The fourth-order valence-electron chi connectivity index (χ4n) is 1.76. The highest BCUT2D eigenvalue weighted by atomic mass is 16.2. The topological polar surface area (TPSA) is 69.7 Å². The molecular weight excluding hydrogens is 258 g/mol. The summed E-state index contributed by atoms with van der Waals surface area (Å²) >= 11 is 0. The number of Topliss-reactive ketones (excluding diaryl/α,β-unsaturated/α-hetero) is 1. The van der Waals surface area contributed by atoms with Crippen molar-refractivity contribution in [3.63, 3.8) is 0 Å². The Balaban J connectivity index is 4.73. The van der Waals surface area contributed by atoms with E-state index in [1.807, 2.05) is 19.0 Å². The summed E-state index contributed by atoms with van der Waals surface area (Å²) in [5, 5.41) is 2.77. The molecule has 0 bridgehead atoms. The predicted octanol–water partition coefficient (Wildman–Crippen LogP) is 0.126. The maximum atomic E-state index is 12.2. The standard InChI is InChI=1S/C14H27N3O3/c1-10(2)14(20)17(6)12(9-11(3)18)13(19)15-7-8-16(4)5/h10,12H,7-9H2,1-6H3,(H,15,19)/t12-/m0/s1. The number of nitrogens with one attached hydrogen (secondary N) is 1. The van der Waals surface area contributed by atoms with Gasteiger partial charge >= 0.3 is 0 Å². The maximum Gasteiger partial charge on any atom is 0.243 e. The molecular formula is C14H27N3O3. The third kappa shape index (κ3) is 6.65. The van der Waals surface area contributed by atoms with Gasteiger partial charge in [0.1, 0.15) is 11.8 Å². The maximum absolute atomic E-state index is 12.2. The number of hydrogen-bond donors (Lipinski definition) is 1. The van der Waals surface area contributed by atoms with Gasteiger partial charge in [-0.1, -0.05) is 13.8 Å². The van der Waals surface area contributed by atoms with Gasteiger partial charge < -0.3 is 15.1 Å². The summed E-state index contributed by atoms with van der Waals surface area (Å²) in [7, 11) is 5.39. The second-order valence-electron chi connectivity index (χ2n) is 5.62. The monoisotopic (exact) mass is 285 g/mol. The minimum atomic E-state index is -0.732. The van der Waals surface area contributed by atoms with Gasteiger partial charge in [0, 0.05) is 32.5 Å². The Morgan fingerprint density at radius 1 is 1.10 bits per heavy atom. The number of nitrogens with zero attached hydrogens (tertiary/aromatic N) is 2. The van der Waals surface area contributed by atoms with Crippen LogP contribution in [-0.2, 0) is 14.4 Å². The molecule has 0 fully saturated rings. The Hall–Kier alpha value is -1.43. The molecule has 0 aliphatic carbocycles. The Kier molecular flexibility index (Phi) is 8.06. The number of likely N-dealkylation sites (N-methyl/N-ethyl adjacent to an activating group) is 2. The van der Waals surface area contributed by atoms with Crippen LogP contribution in [0, 0.1) is 5.92 Å². The van der Waals surface area contributed by atoms with Crippen LogP contribution in [0.4, 0.5) is 0 Å². The van der Waals surface area contributed by atoms with Crippen LogP contribution in [0.3, 0.4) is 0 Å². The van der Waals surface area contributed by atoms with Crippen molar-refractivity contribution in [2.45, 2.75) is 33.2 Å². The summed E-state index contributed by atoms with van der Waals surface area (Å²) < 4.78 is 0. The molecule has 0 aliphatic heterocycles. The number of rotatable bonds is 8. The van der Waals surface area contributed by atoms with E-state index in [4.69, 9.17) is 0 Å². The van der Waals surface area contributed by atoms with E-state index in [1.165, 1.54) is 11.8 Å². The molecule has 0 aromatic heterocycles. The molecule has 0 saturated heterocycles. The van der Waals surface area contributed by atoms with Crippen LogP contribution in [0.25, 0.3) is 0 Å². The predicted molar refractivity (Wildman–Crippen MR) is 78.3 cm³/mol. The zero-order valence-corrected chi connectivity index (χ0v) is 13.4. The van der Waals surface area contributed by atoms with E-state index in [0.717, 1.165) is 0 Å². The second kappa shape index (κ2) is 8.68. The SMILES string of the molecule is CC(=O)C[C@@H](C(=O)NCCN(C)C)N(C)C(=O)C(C)C. The largest absolute Gasteiger partial charge is 0.353 e. The molecule has 0 radical (unpaired) electrons. The lowest BCUT2D eigenvalue weighted by Gasteiger charge is -2.28. The molecule has 0 spiro atoms. The Labute approximate surface area is 121 Å². The Morgan fingerprint density at radius 3 is 2.05 bits per heavy atom. The molecule has 1 atom stereocenters. The lowest BCUT2D eigenvalue weighted by molar-refractivity contribution is -0.142. The molecule has 2 amide bonds. The molecule has 0 rings (SSSR count). The molecule has 0 unspecified atom stereocenters. The van der Waals surface area contributed by atoms with Crippen molar-refractivity contribution in [2.24, 2.45) is 5.92 Å². The van der Waals surface area contributed by atoms with Gasteiger partial charge in [0.2, 0.25) is 11.8 Å². The molecule has 6 nitrogen and oxygen atoms in total. The zero-order chi connectivity index (χ0) is 15.9. The van der Waals surface area contributed by atoms with Crippen LogP contribution in [0.2, 0.25) is 0 Å². The van der Waals surface area contributed by atoms with Crippen molar-refractivity contribution < 1.29 is 14.4 Å². The summed E-state index contributed by atoms with van der Waals surface area (Å²) in [5.41, 5.74) is 0. The fourth-order valence-corrected chi connectivity index (χ4v) is 1.76. The van der Waals surface area contributed by atoms with Crippen LogP contribution in [0.5, 0.6) is 0 Å². The first-order valence-electron chi connectivity index (χ1n) is 6.85. The number of ketones is 1. The van der Waals surface area contributed by atoms with E-state index < -0.39 is 6.04 Å². The normalized spacial score (nSPS) is 12.4. The van der Waals surface area contributed by atoms with Crippen LogP contribution < -0.4 is 5.32 Å². The molecule has 20 heavy (non-hydrogen) atoms. The van der Waals surface area contributed by atoms with E-state index in [1.54, 1.807) is 20.9 Å². The molecule has 1 N–H and O–H groups in total. The van der Waals surface area contributed by atoms with Gasteiger partial charge in [-0.25, -0.2) is 0 Å². The highest BCUT2D eigenvalue weighted by Gasteiger charge is 2.28.